The lowest BCUT2D eigenvalue weighted by Crippen LogP contribution is -2.60. The first-order chi connectivity index (χ1) is 20.7. The second-order valence-corrected chi connectivity index (χ2v) is 15.2. The van der Waals surface area contributed by atoms with Crippen LogP contribution >= 0.6 is 0 Å². The van der Waals surface area contributed by atoms with Crippen LogP contribution in [0, 0.1) is 11.3 Å². The smallest absolute Gasteiger partial charge is 0.252 e. The van der Waals surface area contributed by atoms with Gasteiger partial charge in [0.05, 0.1) is 23.6 Å². The molecule has 0 saturated heterocycles. The lowest BCUT2D eigenvalue weighted by Gasteiger charge is -2.38. The SMILES string of the molecule is CC(C)CN(C[C@@H](O)[C@H](Cc1ccccc1)N(NC(=O)CNC1CC1)C(=O)CC(C)(C)C)S(=O)(=O)c1ccc2c(c1)OCO2. The van der Waals surface area contributed by atoms with E-state index in [0.29, 0.717) is 11.5 Å². The summed E-state index contributed by atoms with van der Waals surface area (Å²) in [4.78, 5) is 26.9. The van der Waals surface area contributed by atoms with Crippen LogP contribution in [0.15, 0.2) is 53.4 Å². The van der Waals surface area contributed by atoms with Crippen LogP contribution in [0.2, 0.25) is 0 Å². The molecule has 4 rings (SSSR count). The Kier molecular flexibility index (Phi) is 10.9. The Labute approximate surface area is 260 Å². The van der Waals surface area contributed by atoms with Crippen molar-refractivity contribution in [3.05, 3.63) is 54.1 Å². The van der Waals surface area contributed by atoms with Crippen LogP contribution in [0.3, 0.4) is 0 Å². The predicted molar refractivity (Wildman–Crippen MR) is 166 cm³/mol. The molecule has 1 aliphatic carbocycles. The standard InChI is InChI=1S/C32H46N4O7S/c1-22(2)19-35(44(40,41)25-13-14-28-29(16-25)43-21-42-28)20-27(37)26(15-23-9-7-6-8-10-23)36(31(39)17-32(3,4)5)34-30(38)18-33-24-11-12-24/h6-10,13-14,16,22,24,26-27,33,37H,11-12,15,17-21H2,1-5H3,(H,34,38)/t26-,27+/m0/s1. The zero-order chi connectivity index (χ0) is 32.1. The predicted octanol–water partition coefficient (Wildman–Crippen LogP) is 3.08. The molecular formula is C32H46N4O7S. The van der Waals surface area contributed by atoms with Gasteiger partial charge < -0.3 is 19.9 Å². The second-order valence-electron chi connectivity index (χ2n) is 13.2. The van der Waals surface area contributed by atoms with Crippen LogP contribution in [-0.4, -0.2) is 79.3 Å². The fraction of sp³-hybridized carbons (Fsp3) is 0.562. The number of aliphatic hydroxyl groups is 1. The number of rotatable bonds is 14. The summed E-state index contributed by atoms with van der Waals surface area (Å²) in [7, 11) is -4.09. The van der Waals surface area contributed by atoms with Gasteiger partial charge in [0.15, 0.2) is 11.5 Å². The monoisotopic (exact) mass is 630 g/mol. The lowest BCUT2D eigenvalue weighted by molar-refractivity contribution is -0.149. The van der Waals surface area contributed by atoms with Crippen molar-refractivity contribution in [2.75, 3.05) is 26.4 Å². The van der Waals surface area contributed by atoms with Crippen LogP contribution < -0.4 is 20.2 Å². The first kappa shape index (κ1) is 33.7. The molecule has 0 aromatic heterocycles. The summed E-state index contributed by atoms with van der Waals surface area (Å²) in [5, 5.41) is 16.2. The minimum absolute atomic E-state index is 0.00864. The molecule has 1 aliphatic heterocycles. The van der Waals surface area contributed by atoms with Gasteiger partial charge in [-0.1, -0.05) is 65.0 Å². The fourth-order valence-corrected chi connectivity index (χ4v) is 6.65. The number of hydrogen-bond acceptors (Lipinski definition) is 8. The van der Waals surface area contributed by atoms with Gasteiger partial charge in [-0.05, 0) is 48.3 Å². The molecule has 3 N–H and O–H groups in total. The molecule has 1 fully saturated rings. The molecule has 2 aromatic carbocycles. The number of amides is 2. The van der Waals surface area contributed by atoms with Gasteiger partial charge in [-0.15, -0.1) is 0 Å². The zero-order valence-electron chi connectivity index (χ0n) is 26.3. The number of ether oxygens (including phenoxy) is 2. The van der Waals surface area contributed by atoms with Crippen molar-refractivity contribution in [1.82, 2.24) is 20.1 Å². The summed E-state index contributed by atoms with van der Waals surface area (Å²) in [6.45, 7) is 9.40. The van der Waals surface area contributed by atoms with E-state index < -0.39 is 33.5 Å². The van der Waals surface area contributed by atoms with E-state index in [9.17, 15) is 23.1 Å². The van der Waals surface area contributed by atoms with Crippen LogP contribution in [-0.2, 0) is 26.0 Å². The number of fused-ring (bicyclic) bond motifs is 1. The Morgan fingerprint density at radius 2 is 1.70 bits per heavy atom. The third kappa shape index (κ3) is 9.40. The van der Waals surface area contributed by atoms with E-state index in [0.717, 1.165) is 18.4 Å². The maximum Gasteiger partial charge on any atom is 0.252 e. The Bertz CT molecular complexity index is 1390. The Morgan fingerprint density at radius 3 is 2.34 bits per heavy atom. The summed E-state index contributed by atoms with van der Waals surface area (Å²) in [5.74, 6) is -0.0464. The van der Waals surface area contributed by atoms with Gasteiger partial charge in [0.2, 0.25) is 22.7 Å². The van der Waals surface area contributed by atoms with Gasteiger partial charge in [0, 0.05) is 31.6 Å². The number of nitrogens with one attached hydrogen (secondary N) is 2. The van der Waals surface area contributed by atoms with Gasteiger partial charge >= 0.3 is 0 Å². The number of benzene rings is 2. The molecule has 11 nitrogen and oxygen atoms in total. The van der Waals surface area contributed by atoms with Crippen molar-refractivity contribution in [3.8, 4) is 11.5 Å². The van der Waals surface area contributed by atoms with Crippen molar-refractivity contribution < 1.29 is 32.6 Å². The van der Waals surface area contributed by atoms with E-state index in [1.807, 2.05) is 65.0 Å². The number of sulfonamides is 1. The molecule has 0 unspecified atom stereocenters. The molecule has 0 radical (unpaired) electrons. The van der Waals surface area contributed by atoms with E-state index >= 15 is 0 Å². The number of hydrazine groups is 1. The molecule has 242 valence electrons. The van der Waals surface area contributed by atoms with Crippen molar-refractivity contribution in [2.24, 2.45) is 11.3 Å². The number of nitrogens with zero attached hydrogens (tertiary/aromatic N) is 2. The van der Waals surface area contributed by atoms with Crippen molar-refractivity contribution in [3.63, 3.8) is 0 Å². The minimum Gasteiger partial charge on any atom is -0.454 e. The van der Waals surface area contributed by atoms with Crippen molar-refractivity contribution in [1.29, 1.82) is 0 Å². The average Bonchev–Trinajstić information content (AvgIpc) is 3.66. The number of carbonyl (C=O) groups is 2. The van der Waals surface area contributed by atoms with Crippen molar-refractivity contribution in [2.45, 2.75) is 83.4 Å². The molecule has 2 aliphatic rings. The maximum atomic E-state index is 14.0. The third-order valence-electron chi connectivity index (χ3n) is 7.33. The van der Waals surface area contributed by atoms with Crippen molar-refractivity contribution >= 4 is 21.8 Å². The highest BCUT2D eigenvalue weighted by atomic mass is 32.2. The third-order valence-corrected chi connectivity index (χ3v) is 9.16. The maximum absolute atomic E-state index is 14.0. The lowest BCUT2D eigenvalue weighted by atomic mass is 9.91. The highest BCUT2D eigenvalue weighted by Crippen LogP contribution is 2.35. The zero-order valence-corrected chi connectivity index (χ0v) is 27.1. The highest BCUT2D eigenvalue weighted by Gasteiger charge is 2.37. The van der Waals surface area contributed by atoms with Gasteiger partial charge in [-0.25, -0.2) is 13.4 Å². The van der Waals surface area contributed by atoms with Gasteiger partial charge in [0.1, 0.15) is 0 Å². The summed E-state index contributed by atoms with van der Waals surface area (Å²) >= 11 is 0. The van der Waals surface area contributed by atoms with E-state index in [4.69, 9.17) is 9.47 Å². The van der Waals surface area contributed by atoms with E-state index in [2.05, 4.69) is 10.7 Å². The van der Waals surface area contributed by atoms with Crippen LogP contribution in [0.1, 0.15) is 59.4 Å². The van der Waals surface area contributed by atoms with Gasteiger partial charge in [0.25, 0.3) is 5.91 Å². The molecule has 12 heteroatoms. The number of aliphatic hydroxyl groups excluding tert-OH is 1. The van der Waals surface area contributed by atoms with Crippen LogP contribution in [0.4, 0.5) is 0 Å². The topological polar surface area (TPSA) is 138 Å². The summed E-state index contributed by atoms with van der Waals surface area (Å²) in [6.07, 6.45) is 0.941. The summed E-state index contributed by atoms with van der Waals surface area (Å²) in [5.41, 5.74) is 3.18. The second kappa shape index (κ2) is 14.3. The average molecular weight is 631 g/mol. The summed E-state index contributed by atoms with van der Waals surface area (Å²) in [6, 6.07) is 13.1. The quantitative estimate of drug-likeness (QED) is 0.271. The largest absolute Gasteiger partial charge is 0.454 e. The van der Waals surface area contributed by atoms with E-state index in [1.54, 1.807) is 6.07 Å². The Balaban J connectivity index is 1.66. The molecule has 1 saturated carbocycles. The highest BCUT2D eigenvalue weighted by molar-refractivity contribution is 7.89. The number of hydrogen-bond donors (Lipinski definition) is 3. The van der Waals surface area contributed by atoms with Crippen LogP contribution in [0.5, 0.6) is 11.5 Å². The molecule has 44 heavy (non-hydrogen) atoms. The molecule has 2 aromatic rings. The van der Waals surface area contributed by atoms with Crippen LogP contribution in [0.25, 0.3) is 0 Å². The Hall–Kier alpha value is -3.19. The first-order valence-electron chi connectivity index (χ1n) is 15.2. The molecular weight excluding hydrogens is 584 g/mol. The normalized spacial score (nSPS) is 16.2. The molecule has 0 bridgehead atoms. The van der Waals surface area contributed by atoms with E-state index in [1.165, 1.54) is 21.4 Å². The summed E-state index contributed by atoms with van der Waals surface area (Å²) < 4.78 is 39.9. The number of carbonyl (C=O) groups excluding carboxylic acids is 2. The van der Waals surface area contributed by atoms with E-state index in [-0.39, 0.29) is 62.0 Å². The molecule has 1 heterocycles. The van der Waals surface area contributed by atoms with Gasteiger partial charge in [-0.3, -0.25) is 15.0 Å². The minimum atomic E-state index is -4.09. The molecule has 2 atom stereocenters. The molecule has 2 amide bonds. The fourth-order valence-electron chi connectivity index (χ4n) is 5.02. The molecule has 0 spiro atoms. The van der Waals surface area contributed by atoms with Gasteiger partial charge in [-0.2, -0.15) is 4.31 Å². The Morgan fingerprint density at radius 1 is 1.02 bits per heavy atom. The first-order valence-corrected chi connectivity index (χ1v) is 16.6.